The van der Waals surface area contributed by atoms with Crippen LogP contribution in [0.5, 0.6) is 5.75 Å². The van der Waals surface area contributed by atoms with Crippen LogP contribution in [0.15, 0.2) is 60.9 Å². The number of aromatic nitrogens is 2. The highest BCUT2D eigenvalue weighted by molar-refractivity contribution is 5.91. The number of fused-ring (bicyclic) bond motifs is 1. The summed E-state index contributed by atoms with van der Waals surface area (Å²) in [5.41, 5.74) is 4.30. The number of carbonyl (C=O) groups excluding carboxylic acids is 1. The highest BCUT2D eigenvalue weighted by atomic mass is 16.5. The Morgan fingerprint density at radius 2 is 2.19 bits per heavy atom. The van der Waals surface area contributed by atoms with Gasteiger partial charge in [-0.3, -0.25) is 4.79 Å². The zero-order valence-corrected chi connectivity index (χ0v) is 15.4. The fourth-order valence-corrected chi connectivity index (χ4v) is 3.81. The number of methoxy groups -OCH3 is 1. The fourth-order valence-electron chi connectivity index (χ4n) is 3.81. The lowest BCUT2D eigenvalue weighted by molar-refractivity contribution is -0.116. The number of amides is 1. The molecule has 27 heavy (non-hydrogen) atoms. The molecule has 0 bridgehead atoms. The Labute approximate surface area is 159 Å². The Hall–Kier alpha value is -3.08. The Kier molecular flexibility index (Phi) is 4.92. The summed E-state index contributed by atoms with van der Waals surface area (Å²) in [7, 11) is 1.69. The maximum absolute atomic E-state index is 12.7. The molecule has 1 heterocycles. The second kappa shape index (κ2) is 7.66. The average molecular weight is 361 g/mol. The first-order chi connectivity index (χ1) is 13.2. The second-order valence-corrected chi connectivity index (χ2v) is 6.91. The second-order valence-electron chi connectivity index (χ2n) is 6.91. The largest absolute Gasteiger partial charge is 0.497 e. The van der Waals surface area contributed by atoms with Crippen molar-refractivity contribution in [3.05, 3.63) is 72.1 Å². The van der Waals surface area contributed by atoms with E-state index in [-0.39, 0.29) is 11.8 Å². The van der Waals surface area contributed by atoms with Gasteiger partial charge >= 0.3 is 0 Å². The molecule has 2 aromatic carbocycles. The zero-order valence-electron chi connectivity index (χ0n) is 15.4. The third-order valence-corrected chi connectivity index (χ3v) is 5.12. The molecule has 0 aliphatic heterocycles. The van der Waals surface area contributed by atoms with E-state index in [2.05, 4.69) is 22.5 Å². The van der Waals surface area contributed by atoms with Crippen LogP contribution in [0.25, 0.3) is 5.69 Å². The van der Waals surface area contributed by atoms with Crippen LogP contribution < -0.4 is 10.1 Å². The molecule has 1 amide bonds. The fraction of sp³-hybridized carbons (Fsp3) is 0.273. The molecule has 1 unspecified atom stereocenters. The summed E-state index contributed by atoms with van der Waals surface area (Å²) in [5, 5.41) is 7.27. The molecule has 4 rings (SSSR count). The lowest BCUT2D eigenvalue weighted by Gasteiger charge is -2.25. The molecular weight excluding hydrogens is 338 g/mol. The monoisotopic (exact) mass is 361 g/mol. The van der Waals surface area contributed by atoms with E-state index in [1.807, 2.05) is 42.6 Å². The van der Waals surface area contributed by atoms with Gasteiger partial charge < -0.3 is 10.1 Å². The van der Waals surface area contributed by atoms with Crippen molar-refractivity contribution in [3.63, 3.8) is 0 Å². The van der Waals surface area contributed by atoms with Crippen molar-refractivity contribution >= 4 is 11.6 Å². The minimum absolute atomic E-state index is 0.0429. The summed E-state index contributed by atoms with van der Waals surface area (Å²) < 4.78 is 7.11. The van der Waals surface area contributed by atoms with Crippen molar-refractivity contribution in [3.8, 4) is 11.4 Å². The Bertz CT molecular complexity index is 934. The highest BCUT2D eigenvalue weighted by Gasteiger charge is 2.23. The van der Waals surface area contributed by atoms with Gasteiger partial charge in [0.2, 0.25) is 5.91 Å². The third-order valence-electron chi connectivity index (χ3n) is 5.12. The standard InChI is InChI=1S/C22H23N3O2/c1-27-20-9-10-21-16(13-20)5-2-6-17(21)14-22(26)24-18-7-3-8-19(15-18)25-12-4-11-23-25/h3-4,7-13,15,17H,2,5-6,14H2,1H3,(H,24,26). The molecule has 1 aliphatic rings. The summed E-state index contributed by atoms with van der Waals surface area (Å²) in [6.07, 6.45) is 7.31. The Morgan fingerprint density at radius 3 is 3.00 bits per heavy atom. The number of carbonyl (C=O) groups is 1. The van der Waals surface area contributed by atoms with Gasteiger partial charge in [-0.25, -0.2) is 4.68 Å². The first kappa shape index (κ1) is 17.3. The predicted octanol–water partition coefficient (Wildman–Crippen LogP) is 4.33. The summed E-state index contributed by atoms with van der Waals surface area (Å²) in [5.74, 6) is 1.18. The van der Waals surface area contributed by atoms with E-state index < -0.39 is 0 Å². The molecule has 138 valence electrons. The summed E-state index contributed by atoms with van der Waals surface area (Å²) in [6, 6.07) is 15.8. The van der Waals surface area contributed by atoms with Gasteiger partial charge in [0.1, 0.15) is 5.75 Å². The lowest BCUT2D eigenvalue weighted by Crippen LogP contribution is -2.19. The summed E-state index contributed by atoms with van der Waals surface area (Å²) in [6.45, 7) is 0. The average Bonchev–Trinajstić information content (AvgIpc) is 3.23. The van der Waals surface area contributed by atoms with Gasteiger partial charge in [-0.15, -0.1) is 0 Å². The maximum atomic E-state index is 12.7. The van der Waals surface area contributed by atoms with E-state index in [0.29, 0.717) is 6.42 Å². The molecule has 0 spiro atoms. The van der Waals surface area contributed by atoms with Gasteiger partial charge in [0, 0.05) is 24.5 Å². The van der Waals surface area contributed by atoms with Crippen LogP contribution in [0, 0.1) is 0 Å². The number of anilines is 1. The molecule has 0 fully saturated rings. The van der Waals surface area contributed by atoms with Crippen molar-refractivity contribution in [1.29, 1.82) is 0 Å². The lowest BCUT2D eigenvalue weighted by atomic mass is 9.81. The molecule has 0 saturated heterocycles. The Balaban J connectivity index is 1.46. The highest BCUT2D eigenvalue weighted by Crippen LogP contribution is 2.36. The van der Waals surface area contributed by atoms with E-state index >= 15 is 0 Å². The number of ether oxygens (including phenoxy) is 1. The number of nitrogens with zero attached hydrogens (tertiary/aromatic N) is 2. The summed E-state index contributed by atoms with van der Waals surface area (Å²) >= 11 is 0. The van der Waals surface area contributed by atoms with Crippen LogP contribution in [0.4, 0.5) is 5.69 Å². The third kappa shape index (κ3) is 3.87. The van der Waals surface area contributed by atoms with Gasteiger partial charge in [-0.05, 0) is 72.7 Å². The summed E-state index contributed by atoms with van der Waals surface area (Å²) in [4.78, 5) is 12.7. The molecule has 5 heteroatoms. The molecule has 1 aliphatic carbocycles. The minimum Gasteiger partial charge on any atom is -0.497 e. The number of hydrogen-bond donors (Lipinski definition) is 1. The molecule has 3 aromatic rings. The number of nitrogens with one attached hydrogen (secondary N) is 1. The van der Waals surface area contributed by atoms with E-state index in [4.69, 9.17) is 4.74 Å². The van der Waals surface area contributed by atoms with E-state index in [1.54, 1.807) is 18.0 Å². The van der Waals surface area contributed by atoms with Crippen LogP contribution in [-0.4, -0.2) is 22.8 Å². The number of rotatable bonds is 5. The van der Waals surface area contributed by atoms with Gasteiger partial charge in [0.05, 0.1) is 12.8 Å². The van der Waals surface area contributed by atoms with Gasteiger partial charge in [-0.2, -0.15) is 5.10 Å². The molecule has 0 saturated carbocycles. The van der Waals surface area contributed by atoms with Gasteiger partial charge in [0.25, 0.3) is 0 Å². The predicted molar refractivity (Wildman–Crippen MR) is 105 cm³/mol. The van der Waals surface area contributed by atoms with Crippen molar-refractivity contribution in [2.75, 3.05) is 12.4 Å². The smallest absolute Gasteiger partial charge is 0.224 e. The van der Waals surface area contributed by atoms with Crippen molar-refractivity contribution < 1.29 is 9.53 Å². The molecule has 1 atom stereocenters. The molecule has 1 N–H and O–H groups in total. The van der Waals surface area contributed by atoms with Crippen LogP contribution in [-0.2, 0) is 11.2 Å². The molecule has 1 aromatic heterocycles. The number of hydrogen-bond acceptors (Lipinski definition) is 3. The van der Waals surface area contributed by atoms with Crippen molar-refractivity contribution in [2.24, 2.45) is 0 Å². The quantitative estimate of drug-likeness (QED) is 0.736. The maximum Gasteiger partial charge on any atom is 0.224 e. The van der Waals surface area contributed by atoms with E-state index in [1.165, 1.54) is 11.1 Å². The normalized spacial score (nSPS) is 15.8. The van der Waals surface area contributed by atoms with Gasteiger partial charge in [-0.1, -0.05) is 12.1 Å². The number of aryl methyl sites for hydroxylation is 1. The first-order valence-electron chi connectivity index (χ1n) is 9.29. The molecular formula is C22H23N3O2. The van der Waals surface area contributed by atoms with Crippen molar-refractivity contribution in [1.82, 2.24) is 9.78 Å². The first-order valence-corrected chi connectivity index (χ1v) is 9.29. The van der Waals surface area contributed by atoms with Crippen molar-refractivity contribution in [2.45, 2.75) is 31.6 Å². The molecule has 0 radical (unpaired) electrons. The van der Waals surface area contributed by atoms with Gasteiger partial charge in [0.15, 0.2) is 0 Å². The van der Waals surface area contributed by atoms with Crippen LogP contribution in [0.3, 0.4) is 0 Å². The van der Waals surface area contributed by atoms with E-state index in [9.17, 15) is 4.79 Å². The topological polar surface area (TPSA) is 56.1 Å². The minimum atomic E-state index is 0.0429. The number of benzene rings is 2. The zero-order chi connectivity index (χ0) is 18.6. The Morgan fingerprint density at radius 1 is 1.26 bits per heavy atom. The molecule has 5 nitrogen and oxygen atoms in total. The van der Waals surface area contributed by atoms with E-state index in [0.717, 1.165) is 36.4 Å². The van der Waals surface area contributed by atoms with Crippen LogP contribution in [0.2, 0.25) is 0 Å². The SMILES string of the molecule is COc1ccc2c(c1)CCCC2CC(=O)Nc1cccc(-n2cccn2)c1. The van der Waals surface area contributed by atoms with Crippen LogP contribution >= 0.6 is 0 Å². The van der Waals surface area contributed by atoms with Crippen LogP contribution in [0.1, 0.15) is 36.3 Å².